The van der Waals surface area contributed by atoms with Crippen molar-refractivity contribution in [2.75, 3.05) is 12.3 Å². The summed E-state index contributed by atoms with van der Waals surface area (Å²) < 4.78 is 11.3. The van der Waals surface area contributed by atoms with Gasteiger partial charge in [0.05, 0.1) is 13.2 Å². The molecule has 20 heavy (non-hydrogen) atoms. The molecule has 0 atom stereocenters. The molecule has 0 unspecified atom stereocenters. The van der Waals surface area contributed by atoms with Gasteiger partial charge in [-0.3, -0.25) is 0 Å². The number of ether oxygens (including phenoxy) is 2. The van der Waals surface area contributed by atoms with Crippen LogP contribution in [0.25, 0.3) is 0 Å². The molecule has 4 heteroatoms. The minimum Gasteiger partial charge on any atom is -0.493 e. The van der Waals surface area contributed by atoms with Crippen molar-refractivity contribution in [2.24, 2.45) is 0 Å². The van der Waals surface area contributed by atoms with Crippen molar-refractivity contribution in [1.29, 1.82) is 0 Å². The summed E-state index contributed by atoms with van der Waals surface area (Å²) in [5, 5.41) is 9.12. The van der Waals surface area contributed by atoms with E-state index in [0.717, 1.165) is 12.0 Å². The van der Waals surface area contributed by atoms with E-state index in [1.165, 1.54) is 0 Å². The van der Waals surface area contributed by atoms with Gasteiger partial charge in [0.25, 0.3) is 0 Å². The minimum atomic E-state index is -0.0149. The SMILES string of the molecule is CCCOc1cc(N)cc(Oc2cccc(CO)c2)c1. The van der Waals surface area contributed by atoms with Crippen LogP contribution in [-0.4, -0.2) is 11.7 Å². The van der Waals surface area contributed by atoms with Crippen LogP contribution >= 0.6 is 0 Å². The number of nitrogen functional groups attached to an aromatic ring is 1. The lowest BCUT2D eigenvalue weighted by Crippen LogP contribution is -1.97. The number of hydrogen-bond donors (Lipinski definition) is 2. The number of nitrogens with two attached hydrogens (primary N) is 1. The topological polar surface area (TPSA) is 64.7 Å². The van der Waals surface area contributed by atoms with Crippen molar-refractivity contribution in [3.63, 3.8) is 0 Å². The Morgan fingerprint density at radius 1 is 1.05 bits per heavy atom. The fourth-order valence-electron chi connectivity index (χ4n) is 1.80. The molecule has 0 saturated carbocycles. The third-order valence-electron chi connectivity index (χ3n) is 2.69. The van der Waals surface area contributed by atoms with E-state index in [2.05, 4.69) is 0 Å². The molecule has 0 aliphatic heterocycles. The number of rotatable bonds is 6. The van der Waals surface area contributed by atoms with Crippen molar-refractivity contribution in [1.82, 2.24) is 0 Å². The molecule has 0 amide bonds. The van der Waals surface area contributed by atoms with Crippen LogP contribution in [0.4, 0.5) is 5.69 Å². The van der Waals surface area contributed by atoms with E-state index < -0.39 is 0 Å². The molecule has 3 N–H and O–H groups in total. The van der Waals surface area contributed by atoms with Gasteiger partial charge >= 0.3 is 0 Å². The first kappa shape index (κ1) is 14.2. The van der Waals surface area contributed by atoms with Gasteiger partial charge in [-0.2, -0.15) is 0 Å². The normalized spacial score (nSPS) is 10.3. The molecular weight excluding hydrogens is 254 g/mol. The highest BCUT2D eigenvalue weighted by atomic mass is 16.5. The Kier molecular flexibility index (Phi) is 4.85. The summed E-state index contributed by atoms with van der Waals surface area (Å²) in [6.45, 7) is 2.67. The monoisotopic (exact) mass is 273 g/mol. The maximum Gasteiger partial charge on any atom is 0.133 e. The highest BCUT2D eigenvalue weighted by molar-refractivity contribution is 5.51. The van der Waals surface area contributed by atoms with E-state index in [9.17, 15) is 0 Å². The van der Waals surface area contributed by atoms with Crippen molar-refractivity contribution in [2.45, 2.75) is 20.0 Å². The highest BCUT2D eigenvalue weighted by Gasteiger charge is 2.03. The molecule has 2 aromatic rings. The molecule has 0 heterocycles. The van der Waals surface area contributed by atoms with E-state index in [1.54, 1.807) is 24.3 Å². The second-order valence-electron chi connectivity index (χ2n) is 4.49. The number of hydrogen-bond acceptors (Lipinski definition) is 4. The summed E-state index contributed by atoms with van der Waals surface area (Å²) in [5.41, 5.74) is 7.23. The maximum atomic E-state index is 9.12. The molecule has 0 aliphatic rings. The predicted octanol–water partition coefficient (Wildman–Crippen LogP) is 3.34. The average Bonchev–Trinajstić information content (AvgIpc) is 2.44. The van der Waals surface area contributed by atoms with Gasteiger partial charge in [0.1, 0.15) is 17.2 Å². The molecule has 0 bridgehead atoms. The molecule has 0 radical (unpaired) electrons. The largest absolute Gasteiger partial charge is 0.493 e. The van der Waals surface area contributed by atoms with Crippen molar-refractivity contribution < 1.29 is 14.6 Å². The van der Waals surface area contributed by atoms with Crippen LogP contribution in [0.2, 0.25) is 0 Å². The molecule has 2 aromatic carbocycles. The lowest BCUT2D eigenvalue weighted by atomic mass is 10.2. The van der Waals surface area contributed by atoms with Gasteiger partial charge in [0, 0.05) is 23.9 Å². The summed E-state index contributed by atoms with van der Waals surface area (Å²) in [7, 11) is 0. The summed E-state index contributed by atoms with van der Waals surface area (Å²) in [4.78, 5) is 0. The minimum absolute atomic E-state index is 0.0149. The van der Waals surface area contributed by atoms with Gasteiger partial charge in [-0.05, 0) is 24.1 Å². The first-order valence-corrected chi connectivity index (χ1v) is 6.62. The molecule has 4 nitrogen and oxygen atoms in total. The quantitative estimate of drug-likeness (QED) is 0.792. The average molecular weight is 273 g/mol. The number of anilines is 1. The summed E-state index contributed by atoms with van der Waals surface area (Å²) in [5.74, 6) is 1.97. The van der Waals surface area contributed by atoms with Crippen LogP contribution in [0, 0.1) is 0 Å². The summed E-state index contributed by atoms with van der Waals surface area (Å²) in [6.07, 6.45) is 0.934. The zero-order valence-corrected chi connectivity index (χ0v) is 11.5. The summed E-state index contributed by atoms with van der Waals surface area (Å²) in [6, 6.07) is 12.6. The van der Waals surface area contributed by atoms with E-state index in [-0.39, 0.29) is 6.61 Å². The van der Waals surface area contributed by atoms with Crippen LogP contribution < -0.4 is 15.2 Å². The van der Waals surface area contributed by atoms with Gasteiger partial charge in [-0.25, -0.2) is 0 Å². The Bertz CT molecular complexity index is 569. The molecule has 0 aliphatic carbocycles. The summed E-state index contributed by atoms with van der Waals surface area (Å²) >= 11 is 0. The van der Waals surface area contributed by atoms with Gasteiger partial charge in [-0.1, -0.05) is 19.1 Å². The van der Waals surface area contributed by atoms with Gasteiger partial charge in [-0.15, -0.1) is 0 Å². The van der Waals surface area contributed by atoms with Gasteiger partial charge in [0.15, 0.2) is 0 Å². The number of aliphatic hydroxyl groups excluding tert-OH is 1. The van der Waals surface area contributed by atoms with Crippen molar-refractivity contribution in [3.05, 3.63) is 48.0 Å². The Balaban J connectivity index is 2.17. The maximum absolute atomic E-state index is 9.12. The third kappa shape index (κ3) is 3.90. The molecule has 0 fully saturated rings. The van der Waals surface area contributed by atoms with Gasteiger partial charge < -0.3 is 20.3 Å². The number of aliphatic hydroxyl groups is 1. The van der Waals surface area contributed by atoms with E-state index in [1.807, 2.05) is 25.1 Å². The second-order valence-corrected chi connectivity index (χ2v) is 4.49. The predicted molar refractivity (Wildman–Crippen MR) is 79.1 cm³/mol. The van der Waals surface area contributed by atoms with Crippen molar-refractivity contribution in [3.8, 4) is 17.2 Å². The highest BCUT2D eigenvalue weighted by Crippen LogP contribution is 2.29. The Morgan fingerprint density at radius 3 is 2.60 bits per heavy atom. The smallest absolute Gasteiger partial charge is 0.133 e. The van der Waals surface area contributed by atoms with Crippen LogP contribution in [0.3, 0.4) is 0 Å². The van der Waals surface area contributed by atoms with Crippen LogP contribution in [0.5, 0.6) is 17.2 Å². The molecule has 106 valence electrons. The Hall–Kier alpha value is -2.20. The fourth-order valence-corrected chi connectivity index (χ4v) is 1.80. The molecule has 2 rings (SSSR count). The molecule has 0 aromatic heterocycles. The lowest BCUT2D eigenvalue weighted by Gasteiger charge is -2.11. The lowest BCUT2D eigenvalue weighted by molar-refractivity contribution is 0.281. The van der Waals surface area contributed by atoms with Crippen LogP contribution in [0.15, 0.2) is 42.5 Å². The Labute approximate surface area is 118 Å². The zero-order chi connectivity index (χ0) is 14.4. The fraction of sp³-hybridized carbons (Fsp3) is 0.250. The molecule has 0 saturated heterocycles. The first-order chi connectivity index (χ1) is 9.71. The van der Waals surface area contributed by atoms with Gasteiger partial charge in [0.2, 0.25) is 0 Å². The van der Waals surface area contributed by atoms with E-state index >= 15 is 0 Å². The van der Waals surface area contributed by atoms with Crippen LogP contribution in [0.1, 0.15) is 18.9 Å². The first-order valence-electron chi connectivity index (χ1n) is 6.62. The van der Waals surface area contributed by atoms with Crippen LogP contribution in [-0.2, 0) is 6.61 Å². The second kappa shape index (κ2) is 6.82. The number of benzene rings is 2. The molecular formula is C16H19NO3. The zero-order valence-electron chi connectivity index (χ0n) is 11.5. The standard InChI is InChI=1S/C16H19NO3/c1-2-6-19-15-8-13(17)9-16(10-15)20-14-5-3-4-12(7-14)11-18/h3-5,7-10,18H,2,6,11,17H2,1H3. The van der Waals surface area contributed by atoms with E-state index in [0.29, 0.717) is 29.5 Å². The Morgan fingerprint density at radius 2 is 1.85 bits per heavy atom. The third-order valence-corrected chi connectivity index (χ3v) is 2.69. The molecule has 0 spiro atoms. The van der Waals surface area contributed by atoms with E-state index in [4.69, 9.17) is 20.3 Å². The van der Waals surface area contributed by atoms with Crippen molar-refractivity contribution >= 4 is 5.69 Å².